The molecule has 0 radical (unpaired) electrons. The molecule has 0 bridgehead atoms. The van der Waals surface area contributed by atoms with Gasteiger partial charge in [-0.25, -0.2) is 4.79 Å². The zero-order chi connectivity index (χ0) is 14.7. The third-order valence-corrected chi connectivity index (χ3v) is 3.08. The molecule has 1 heterocycles. The highest BCUT2D eigenvalue weighted by atomic mass is 127. The summed E-state index contributed by atoms with van der Waals surface area (Å²) < 4.78 is 6.31. The molecule has 1 aliphatic heterocycles. The van der Waals surface area contributed by atoms with Crippen LogP contribution in [0, 0.1) is 3.57 Å². The smallest absolute Gasteiger partial charge is 0.328 e. The minimum atomic E-state index is -0.810. The fourth-order valence-electron chi connectivity index (χ4n) is 1.69. The average Bonchev–Trinajstić information content (AvgIpc) is 2.33. The third-order valence-electron chi connectivity index (χ3n) is 2.46. The maximum Gasteiger partial charge on any atom is 0.328 e. The Morgan fingerprint density at radius 1 is 1.15 bits per heavy atom. The molecule has 1 aromatic carbocycles. The summed E-state index contributed by atoms with van der Waals surface area (Å²) in [6.45, 7) is 2.39. The Morgan fingerprint density at radius 2 is 1.80 bits per heavy atom. The topological polar surface area (TPSA) is 84.5 Å². The number of carbonyl (C=O) groups is 3. The molecule has 7 heteroatoms. The lowest BCUT2D eigenvalue weighted by molar-refractivity contribution is -0.123. The van der Waals surface area contributed by atoms with E-state index in [2.05, 4.69) is 22.6 Å². The number of hydrogen-bond acceptors (Lipinski definition) is 4. The Hall–Kier alpha value is -1.90. The van der Waals surface area contributed by atoms with E-state index >= 15 is 0 Å². The van der Waals surface area contributed by atoms with Gasteiger partial charge in [-0.05, 0) is 59.4 Å². The van der Waals surface area contributed by atoms with E-state index < -0.39 is 17.8 Å². The van der Waals surface area contributed by atoms with Gasteiger partial charge in [0.1, 0.15) is 11.3 Å². The van der Waals surface area contributed by atoms with Crippen molar-refractivity contribution in [3.63, 3.8) is 0 Å². The number of nitrogens with one attached hydrogen (secondary N) is 2. The molecular formula is C13H11IN2O4. The zero-order valence-corrected chi connectivity index (χ0v) is 12.7. The molecular weight excluding hydrogens is 375 g/mol. The van der Waals surface area contributed by atoms with Crippen molar-refractivity contribution in [1.29, 1.82) is 0 Å². The summed E-state index contributed by atoms with van der Waals surface area (Å²) in [5.41, 5.74) is 0.532. The van der Waals surface area contributed by atoms with E-state index in [1.54, 1.807) is 12.1 Å². The Bertz CT molecular complexity index is 603. The molecule has 1 saturated heterocycles. The lowest BCUT2D eigenvalue weighted by atomic mass is 10.1. The number of halogens is 1. The largest absolute Gasteiger partial charge is 0.494 e. The van der Waals surface area contributed by atoms with Crippen LogP contribution in [0.25, 0.3) is 6.08 Å². The van der Waals surface area contributed by atoms with Crippen LogP contribution < -0.4 is 15.4 Å². The summed E-state index contributed by atoms with van der Waals surface area (Å²) >= 11 is 2.11. The number of rotatable bonds is 3. The summed E-state index contributed by atoms with van der Waals surface area (Å²) in [6, 6.07) is 4.55. The molecule has 20 heavy (non-hydrogen) atoms. The summed E-state index contributed by atoms with van der Waals surface area (Å²) in [6.07, 6.45) is 1.42. The molecule has 1 fully saturated rings. The van der Waals surface area contributed by atoms with E-state index in [0.29, 0.717) is 17.9 Å². The van der Waals surface area contributed by atoms with Gasteiger partial charge in [0.2, 0.25) is 0 Å². The molecule has 2 N–H and O–H groups in total. The van der Waals surface area contributed by atoms with Gasteiger partial charge < -0.3 is 4.74 Å². The molecule has 1 aliphatic rings. The molecule has 2 rings (SSSR count). The average molecular weight is 386 g/mol. The van der Waals surface area contributed by atoms with Crippen molar-refractivity contribution in [1.82, 2.24) is 10.6 Å². The van der Waals surface area contributed by atoms with Crippen LogP contribution in [0.5, 0.6) is 5.75 Å². The number of ether oxygens (including phenoxy) is 1. The maximum atomic E-state index is 11.6. The predicted molar refractivity (Wildman–Crippen MR) is 80.0 cm³/mol. The van der Waals surface area contributed by atoms with Crippen molar-refractivity contribution >= 4 is 46.5 Å². The van der Waals surface area contributed by atoms with Crippen molar-refractivity contribution in [3.05, 3.63) is 32.9 Å². The molecule has 104 valence electrons. The highest BCUT2D eigenvalue weighted by Crippen LogP contribution is 2.21. The quantitative estimate of drug-likeness (QED) is 0.468. The van der Waals surface area contributed by atoms with E-state index in [0.717, 1.165) is 3.57 Å². The minimum absolute atomic E-state index is 0.117. The fraction of sp³-hybridized carbons (Fsp3) is 0.154. The second-order valence-electron chi connectivity index (χ2n) is 3.95. The highest BCUT2D eigenvalue weighted by molar-refractivity contribution is 14.1. The number of carbonyl (C=O) groups excluding carboxylic acids is 3. The van der Waals surface area contributed by atoms with Crippen LogP contribution in [0.4, 0.5) is 4.79 Å². The van der Waals surface area contributed by atoms with Crippen molar-refractivity contribution in [2.75, 3.05) is 6.61 Å². The van der Waals surface area contributed by atoms with Crippen LogP contribution in [-0.2, 0) is 9.59 Å². The summed E-state index contributed by atoms with van der Waals surface area (Å²) in [5, 5.41) is 4.05. The number of benzene rings is 1. The van der Waals surface area contributed by atoms with Crippen molar-refractivity contribution in [2.24, 2.45) is 0 Å². The molecule has 6 nitrogen and oxygen atoms in total. The van der Waals surface area contributed by atoms with Crippen molar-refractivity contribution in [2.45, 2.75) is 6.92 Å². The van der Waals surface area contributed by atoms with Gasteiger partial charge in [-0.2, -0.15) is 0 Å². The molecule has 0 spiro atoms. The van der Waals surface area contributed by atoms with Crippen LogP contribution in [0.15, 0.2) is 23.8 Å². The third kappa shape index (κ3) is 3.35. The monoisotopic (exact) mass is 386 g/mol. The standard InChI is InChI=1S/C13H11IN2O4/c1-2-20-9-4-7(3-8(14)6-9)5-10-11(17)15-13(19)16-12(10)18/h3-6H,2H2,1H3,(H2,15,16,17,18,19). The Morgan fingerprint density at radius 3 is 2.40 bits per heavy atom. The highest BCUT2D eigenvalue weighted by Gasteiger charge is 2.27. The van der Waals surface area contributed by atoms with Gasteiger partial charge >= 0.3 is 6.03 Å². The number of urea groups is 1. The van der Waals surface area contributed by atoms with E-state index in [9.17, 15) is 14.4 Å². The molecule has 0 aliphatic carbocycles. The molecule has 0 aromatic heterocycles. The van der Waals surface area contributed by atoms with Gasteiger partial charge in [0.15, 0.2) is 0 Å². The lowest BCUT2D eigenvalue weighted by Gasteiger charge is -2.14. The van der Waals surface area contributed by atoms with Crippen LogP contribution in [0.2, 0.25) is 0 Å². The first-order chi connectivity index (χ1) is 9.49. The van der Waals surface area contributed by atoms with E-state index in [-0.39, 0.29) is 5.57 Å². The van der Waals surface area contributed by atoms with Gasteiger partial charge in [0.25, 0.3) is 11.8 Å². The number of imide groups is 2. The van der Waals surface area contributed by atoms with Gasteiger partial charge in [0, 0.05) is 3.57 Å². The van der Waals surface area contributed by atoms with E-state index in [4.69, 9.17) is 4.74 Å². The summed E-state index contributed by atoms with van der Waals surface area (Å²) in [4.78, 5) is 34.2. The van der Waals surface area contributed by atoms with Crippen LogP contribution in [-0.4, -0.2) is 24.5 Å². The first-order valence-corrected chi connectivity index (χ1v) is 6.89. The molecule has 0 saturated carbocycles. The number of hydrogen-bond donors (Lipinski definition) is 2. The van der Waals surface area contributed by atoms with Crippen LogP contribution in [0.3, 0.4) is 0 Å². The molecule has 0 atom stereocenters. The van der Waals surface area contributed by atoms with Gasteiger partial charge in [-0.3, -0.25) is 20.2 Å². The van der Waals surface area contributed by atoms with Gasteiger partial charge in [-0.15, -0.1) is 0 Å². The van der Waals surface area contributed by atoms with Gasteiger partial charge in [-0.1, -0.05) is 0 Å². The second kappa shape index (κ2) is 6.04. The van der Waals surface area contributed by atoms with E-state index in [1.165, 1.54) is 6.08 Å². The first kappa shape index (κ1) is 14.5. The minimum Gasteiger partial charge on any atom is -0.494 e. The predicted octanol–water partition coefficient (Wildman–Crippen LogP) is 1.44. The Balaban J connectivity index is 2.36. The Kier molecular flexibility index (Phi) is 4.38. The lowest BCUT2D eigenvalue weighted by Crippen LogP contribution is -2.51. The summed E-state index contributed by atoms with van der Waals surface area (Å²) in [7, 11) is 0. The normalized spacial score (nSPS) is 14.7. The number of barbiturate groups is 1. The first-order valence-electron chi connectivity index (χ1n) is 5.81. The molecule has 4 amide bonds. The zero-order valence-electron chi connectivity index (χ0n) is 10.5. The maximum absolute atomic E-state index is 11.6. The Labute approximate surface area is 128 Å². The van der Waals surface area contributed by atoms with Crippen molar-refractivity contribution in [3.8, 4) is 5.75 Å². The second-order valence-corrected chi connectivity index (χ2v) is 5.19. The molecule has 1 aromatic rings. The number of amides is 4. The van der Waals surface area contributed by atoms with Gasteiger partial charge in [0.05, 0.1) is 6.61 Å². The molecule has 0 unspecified atom stereocenters. The van der Waals surface area contributed by atoms with E-state index in [1.807, 2.05) is 23.6 Å². The van der Waals surface area contributed by atoms with Crippen molar-refractivity contribution < 1.29 is 19.1 Å². The summed E-state index contributed by atoms with van der Waals surface area (Å²) in [5.74, 6) is -0.773. The van der Waals surface area contributed by atoms with Crippen LogP contribution in [0.1, 0.15) is 12.5 Å². The SMILES string of the molecule is CCOc1cc(I)cc(C=C2C(=O)NC(=O)NC2=O)c1. The fourth-order valence-corrected chi connectivity index (χ4v) is 2.36. The van der Waals surface area contributed by atoms with Crippen LogP contribution >= 0.6 is 22.6 Å².